The summed E-state index contributed by atoms with van der Waals surface area (Å²) in [4.78, 5) is 12.5. The van der Waals surface area contributed by atoms with Crippen molar-refractivity contribution in [3.63, 3.8) is 0 Å². The Morgan fingerprint density at radius 2 is 1.97 bits per heavy atom. The van der Waals surface area contributed by atoms with Crippen LogP contribution in [0.25, 0.3) is 0 Å². The van der Waals surface area contributed by atoms with Gasteiger partial charge in [-0.25, -0.2) is 4.68 Å². The fraction of sp³-hybridized carbons (Fsp3) is 0.348. The maximum absolute atomic E-state index is 12.5. The number of thioether (sulfide) groups is 1. The third-order valence-corrected chi connectivity index (χ3v) is 6.37. The third kappa shape index (κ3) is 5.95. The fourth-order valence-corrected chi connectivity index (χ4v) is 4.07. The molecule has 1 amide bonds. The van der Waals surface area contributed by atoms with Crippen molar-refractivity contribution in [3.05, 3.63) is 70.0 Å². The minimum absolute atomic E-state index is 0.142. The summed E-state index contributed by atoms with van der Waals surface area (Å²) in [5.74, 6) is 7.65. The van der Waals surface area contributed by atoms with Crippen molar-refractivity contribution in [1.29, 1.82) is 0 Å². The zero-order valence-corrected chi connectivity index (χ0v) is 20.2. The van der Waals surface area contributed by atoms with E-state index < -0.39 is 5.25 Å². The average molecular weight is 474 g/mol. The van der Waals surface area contributed by atoms with E-state index in [1.807, 2.05) is 31.2 Å². The Kier molecular flexibility index (Phi) is 8.04. The van der Waals surface area contributed by atoms with Crippen LogP contribution in [-0.2, 0) is 17.9 Å². The molecule has 0 fully saturated rings. The van der Waals surface area contributed by atoms with Crippen molar-refractivity contribution in [2.24, 2.45) is 0 Å². The number of amides is 1. The first kappa shape index (κ1) is 23.9. The first-order valence-corrected chi connectivity index (χ1v) is 11.6. The SMILES string of the molecule is Cc1ccc(C(C)C)c(OCc2nnc(SC(C)C(=O)NCc3ccccc3Cl)n2N)c1. The maximum atomic E-state index is 12.5. The van der Waals surface area contributed by atoms with Gasteiger partial charge in [-0.05, 0) is 48.6 Å². The second-order valence-electron chi connectivity index (χ2n) is 7.82. The van der Waals surface area contributed by atoms with Crippen LogP contribution in [0.15, 0.2) is 47.6 Å². The first-order chi connectivity index (χ1) is 15.3. The van der Waals surface area contributed by atoms with Gasteiger partial charge in [-0.1, -0.05) is 67.5 Å². The predicted octanol–water partition coefficient (Wildman–Crippen LogP) is 4.45. The molecule has 1 unspecified atom stereocenters. The highest BCUT2D eigenvalue weighted by Crippen LogP contribution is 2.28. The molecule has 1 aromatic heterocycles. The lowest BCUT2D eigenvalue weighted by atomic mass is 10.0. The van der Waals surface area contributed by atoms with Gasteiger partial charge in [-0.2, -0.15) is 0 Å². The molecule has 1 heterocycles. The van der Waals surface area contributed by atoms with Crippen LogP contribution in [0, 0.1) is 6.92 Å². The summed E-state index contributed by atoms with van der Waals surface area (Å²) >= 11 is 7.38. The number of nitrogens with zero attached hydrogens (tertiary/aromatic N) is 3. The molecule has 3 rings (SSSR count). The Morgan fingerprint density at radius 3 is 2.69 bits per heavy atom. The third-order valence-electron chi connectivity index (χ3n) is 4.95. The normalized spacial score (nSPS) is 12.1. The summed E-state index contributed by atoms with van der Waals surface area (Å²) in [6.45, 7) is 8.59. The van der Waals surface area contributed by atoms with Crippen LogP contribution in [0.4, 0.5) is 0 Å². The smallest absolute Gasteiger partial charge is 0.233 e. The van der Waals surface area contributed by atoms with E-state index in [1.54, 1.807) is 13.0 Å². The molecule has 0 saturated heterocycles. The van der Waals surface area contributed by atoms with Crippen molar-refractivity contribution < 1.29 is 9.53 Å². The van der Waals surface area contributed by atoms with Gasteiger partial charge in [0.05, 0.1) is 5.25 Å². The molecule has 3 N–H and O–H groups in total. The van der Waals surface area contributed by atoms with Crippen LogP contribution >= 0.6 is 23.4 Å². The highest BCUT2D eigenvalue weighted by Gasteiger charge is 2.20. The number of hydrogen-bond acceptors (Lipinski definition) is 6. The lowest BCUT2D eigenvalue weighted by molar-refractivity contribution is -0.120. The number of aryl methyl sites for hydroxylation is 1. The van der Waals surface area contributed by atoms with Gasteiger partial charge in [0.15, 0.2) is 5.82 Å². The topological polar surface area (TPSA) is 95.1 Å². The quantitative estimate of drug-likeness (QED) is 0.352. The zero-order chi connectivity index (χ0) is 23.3. The van der Waals surface area contributed by atoms with Gasteiger partial charge in [-0.3, -0.25) is 4.79 Å². The number of hydrogen-bond donors (Lipinski definition) is 2. The summed E-state index contributed by atoms with van der Waals surface area (Å²) in [5, 5.41) is 11.8. The number of nitrogens with two attached hydrogens (primary N) is 1. The Hall–Kier alpha value is -2.71. The molecule has 0 aliphatic carbocycles. The van der Waals surface area contributed by atoms with E-state index in [-0.39, 0.29) is 12.5 Å². The van der Waals surface area contributed by atoms with Crippen molar-refractivity contribution in [1.82, 2.24) is 20.2 Å². The Balaban J connectivity index is 1.59. The van der Waals surface area contributed by atoms with Crippen molar-refractivity contribution in [2.45, 2.75) is 57.2 Å². The van der Waals surface area contributed by atoms with E-state index in [1.165, 1.54) is 16.4 Å². The number of carbonyl (C=O) groups excluding carboxylic acids is 1. The van der Waals surface area contributed by atoms with E-state index in [0.717, 1.165) is 22.4 Å². The molecule has 0 bridgehead atoms. The second-order valence-corrected chi connectivity index (χ2v) is 9.54. The molecule has 0 aliphatic rings. The van der Waals surface area contributed by atoms with Crippen molar-refractivity contribution >= 4 is 29.3 Å². The zero-order valence-electron chi connectivity index (χ0n) is 18.6. The standard InChI is InChI=1S/C23H28ClN5O2S/c1-14(2)18-10-9-15(3)11-20(18)31-13-21-27-28-23(29(21)25)32-16(4)22(30)26-12-17-7-5-6-8-19(17)24/h5-11,14,16H,12-13,25H2,1-4H3,(H,26,30). The van der Waals surface area contributed by atoms with Gasteiger partial charge in [0, 0.05) is 11.6 Å². The molecule has 170 valence electrons. The largest absolute Gasteiger partial charge is 0.485 e. The number of nitrogen functional groups attached to an aromatic ring is 1. The summed E-state index contributed by atoms with van der Waals surface area (Å²) in [5.41, 5.74) is 3.10. The Bertz CT molecular complexity index is 1090. The van der Waals surface area contributed by atoms with Crippen molar-refractivity contribution in [3.8, 4) is 5.75 Å². The van der Waals surface area contributed by atoms with E-state index in [0.29, 0.717) is 28.5 Å². The predicted molar refractivity (Wildman–Crippen MR) is 128 cm³/mol. The summed E-state index contributed by atoms with van der Waals surface area (Å²) < 4.78 is 7.37. The van der Waals surface area contributed by atoms with E-state index in [4.69, 9.17) is 22.2 Å². The number of benzene rings is 2. The Morgan fingerprint density at radius 1 is 1.22 bits per heavy atom. The molecule has 0 aliphatic heterocycles. The second kappa shape index (κ2) is 10.7. The van der Waals surface area contributed by atoms with Crippen LogP contribution in [0.3, 0.4) is 0 Å². The molecule has 9 heteroatoms. The molecular formula is C23H28ClN5O2S. The first-order valence-electron chi connectivity index (χ1n) is 10.4. The van der Waals surface area contributed by atoms with E-state index in [2.05, 4.69) is 41.5 Å². The van der Waals surface area contributed by atoms with Crippen LogP contribution in [0.1, 0.15) is 49.2 Å². The molecule has 7 nitrogen and oxygen atoms in total. The fourth-order valence-electron chi connectivity index (χ4n) is 3.05. The average Bonchev–Trinajstić information content (AvgIpc) is 3.10. The number of ether oxygens (including phenoxy) is 1. The summed E-state index contributed by atoms with van der Waals surface area (Å²) in [6, 6.07) is 13.6. The van der Waals surface area contributed by atoms with Crippen LogP contribution < -0.4 is 15.9 Å². The molecule has 0 saturated carbocycles. The van der Waals surface area contributed by atoms with Crippen LogP contribution in [0.5, 0.6) is 5.75 Å². The van der Waals surface area contributed by atoms with Crippen molar-refractivity contribution in [2.75, 3.05) is 5.84 Å². The highest BCUT2D eigenvalue weighted by atomic mass is 35.5. The van der Waals surface area contributed by atoms with E-state index in [9.17, 15) is 4.79 Å². The lowest BCUT2D eigenvalue weighted by Crippen LogP contribution is -2.31. The molecule has 0 radical (unpaired) electrons. The number of halogens is 1. The molecular weight excluding hydrogens is 446 g/mol. The summed E-state index contributed by atoms with van der Waals surface area (Å²) in [7, 11) is 0. The van der Waals surface area contributed by atoms with Gasteiger partial charge in [0.1, 0.15) is 12.4 Å². The van der Waals surface area contributed by atoms with Gasteiger partial charge in [0.2, 0.25) is 11.1 Å². The molecule has 32 heavy (non-hydrogen) atoms. The maximum Gasteiger partial charge on any atom is 0.233 e. The molecule has 2 aromatic carbocycles. The molecule has 3 aromatic rings. The molecule has 0 spiro atoms. The van der Waals surface area contributed by atoms with E-state index >= 15 is 0 Å². The summed E-state index contributed by atoms with van der Waals surface area (Å²) in [6.07, 6.45) is 0. The van der Waals surface area contributed by atoms with Gasteiger partial charge >= 0.3 is 0 Å². The lowest BCUT2D eigenvalue weighted by Gasteiger charge is -2.15. The minimum Gasteiger partial charge on any atom is -0.485 e. The van der Waals surface area contributed by atoms with Gasteiger partial charge < -0.3 is 15.9 Å². The number of aromatic nitrogens is 3. The number of carbonyl (C=O) groups is 1. The molecule has 1 atom stereocenters. The highest BCUT2D eigenvalue weighted by molar-refractivity contribution is 8.00. The minimum atomic E-state index is -0.415. The monoisotopic (exact) mass is 473 g/mol. The number of nitrogens with one attached hydrogen (secondary N) is 1. The van der Waals surface area contributed by atoms with Crippen LogP contribution in [-0.4, -0.2) is 26.0 Å². The van der Waals surface area contributed by atoms with Gasteiger partial charge in [-0.15, -0.1) is 10.2 Å². The van der Waals surface area contributed by atoms with Crippen LogP contribution in [0.2, 0.25) is 5.02 Å². The number of rotatable bonds is 9. The van der Waals surface area contributed by atoms with Gasteiger partial charge in [0.25, 0.3) is 0 Å². The Labute approximate surface area is 197 Å².